The van der Waals surface area contributed by atoms with Crippen LogP contribution < -0.4 is 0 Å². The average molecular weight is 284 g/mol. The number of aliphatic hydroxyl groups is 1. The molecule has 1 aromatic heterocycles. The Balaban J connectivity index is 1.91. The van der Waals surface area contributed by atoms with Gasteiger partial charge in [-0.15, -0.1) is 0 Å². The number of pyridine rings is 1. The minimum absolute atomic E-state index is 0.0775. The van der Waals surface area contributed by atoms with Crippen molar-refractivity contribution in [2.24, 2.45) is 0 Å². The van der Waals surface area contributed by atoms with Crippen molar-refractivity contribution in [2.75, 3.05) is 6.54 Å². The molecule has 2 atom stereocenters. The molecular weight excluding hydrogens is 264 g/mol. The van der Waals surface area contributed by atoms with Gasteiger partial charge in [0.2, 0.25) is 0 Å². The molecule has 110 valence electrons. The number of para-hydroxylation sites is 1. The molecule has 1 fully saturated rings. The summed E-state index contributed by atoms with van der Waals surface area (Å²) in [6.45, 7) is 2.45. The fourth-order valence-corrected chi connectivity index (χ4v) is 3.04. The van der Waals surface area contributed by atoms with E-state index in [1.165, 1.54) is 0 Å². The zero-order chi connectivity index (χ0) is 14.8. The quantitative estimate of drug-likeness (QED) is 0.922. The Hall–Kier alpha value is -1.94. The molecule has 3 rings (SSSR count). The first kappa shape index (κ1) is 14.0. The van der Waals surface area contributed by atoms with Crippen molar-refractivity contribution < 1.29 is 9.90 Å². The number of carbonyl (C=O) groups excluding carboxylic acids is 1. The second kappa shape index (κ2) is 5.82. The van der Waals surface area contributed by atoms with Gasteiger partial charge in [0.1, 0.15) is 5.69 Å². The number of nitrogens with zero attached hydrogens (tertiary/aromatic N) is 2. The maximum absolute atomic E-state index is 12.7. The SMILES string of the molecule is C[C@H](O)[C@H]1CCCCN1C(=O)c1ccc2ccccc2n1. The Kier molecular flexibility index (Phi) is 3.88. The van der Waals surface area contributed by atoms with Crippen LogP contribution in [0.1, 0.15) is 36.7 Å². The standard InChI is InChI=1S/C17H20N2O2/c1-12(20)16-8-4-5-11-19(16)17(21)15-10-9-13-6-2-3-7-14(13)18-15/h2-3,6-7,9-10,12,16,20H,4-5,8,11H2,1H3/t12-,16+/m0/s1. The third-order valence-electron chi connectivity index (χ3n) is 4.18. The Morgan fingerprint density at radius 2 is 2.10 bits per heavy atom. The number of hydrogen-bond acceptors (Lipinski definition) is 3. The van der Waals surface area contributed by atoms with Gasteiger partial charge in [0.05, 0.1) is 17.7 Å². The Labute approximate surface area is 124 Å². The maximum atomic E-state index is 12.7. The van der Waals surface area contributed by atoms with Crippen molar-refractivity contribution in [3.05, 3.63) is 42.1 Å². The molecule has 0 saturated carbocycles. The van der Waals surface area contributed by atoms with Gasteiger partial charge in [0.25, 0.3) is 5.91 Å². The number of aliphatic hydroxyl groups excluding tert-OH is 1. The highest BCUT2D eigenvalue weighted by atomic mass is 16.3. The van der Waals surface area contributed by atoms with E-state index in [1.54, 1.807) is 17.9 Å². The summed E-state index contributed by atoms with van der Waals surface area (Å²) in [6, 6.07) is 11.4. The Morgan fingerprint density at radius 3 is 2.90 bits per heavy atom. The number of amides is 1. The number of piperidine rings is 1. The van der Waals surface area contributed by atoms with Crippen molar-refractivity contribution >= 4 is 16.8 Å². The van der Waals surface area contributed by atoms with E-state index < -0.39 is 6.10 Å². The van der Waals surface area contributed by atoms with Gasteiger partial charge in [-0.25, -0.2) is 4.98 Å². The van der Waals surface area contributed by atoms with Crippen molar-refractivity contribution in [2.45, 2.75) is 38.3 Å². The van der Waals surface area contributed by atoms with Gasteiger partial charge in [0.15, 0.2) is 0 Å². The summed E-state index contributed by atoms with van der Waals surface area (Å²) in [5, 5.41) is 10.9. The molecule has 1 aliphatic rings. The highest BCUT2D eigenvalue weighted by Crippen LogP contribution is 2.22. The number of carbonyl (C=O) groups is 1. The van der Waals surface area contributed by atoms with Crippen molar-refractivity contribution in [3.8, 4) is 0 Å². The molecule has 4 heteroatoms. The largest absolute Gasteiger partial charge is 0.391 e. The number of fused-ring (bicyclic) bond motifs is 1. The molecule has 0 bridgehead atoms. The number of rotatable bonds is 2. The van der Waals surface area contributed by atoms with E-state index in [4.69, 9.17) is 0 Å². The molecule has 2 heterocycles. The van der Waals surface area contributed by atoms with E-state index in [-0.39, 0.29) is 11.9 Å². The van der Waals surface area contributed by atoms with Gasteiger partial charge in [-0.05, 0) is 38.3 Å². The Bertz CT molecular complexity index is 654. The predicted octanol–water partition coefficient (Wildman–Crippen LogP) is 2.61. The smallest absolute Gasteiger partial charge is 0.272 e. The molecule has 1 N–H and O–H groups in total. The molecule has 1 amide bonds. The Morgan fingerprint density at radius 1 is 1.29 bits per heavy atom. The summed E-state index contributed by atoms with van der Waals surface area (Å²) < 4.78 is 0. The molecule has 0 aliphatic carbocycles. The molecule has 4 nitrogen and oxygen atoms in total. The fourth-order valence-electron chi connectivity index (χ4n) is 3.04. The molecular formula is C17H20N2O2. The zero-order valence-corrected chi connectivity index (χ0v) is 12.2. The molecule has 21 heavy (non-hydrogen) atoms. The molecule has 1 saturated heterocycles. The fraction of sp³-hybridized carbons (Fsp3) is 0.412. The minimum atomic E-state index is -0.505. The first-order valence-corrected chi connectivity index (χ1v) is 7.51. The summed E-state index contributed by atoms with van der Waals surface area (Å²) in [7, 11) is 0. The molecule has 0 radical (unpaired) electrons. The van der Waals surface area contributed by atoms with Gasteiger partial charge in [0, 0.05) is 11.9 Å². The lowest BCUT2D eigenvalue weighted by atomic mass is 9.97. The average Bonchev–Trinajstić information content (AvgIpc) is 2.53. The van der Waals surface area contributed by atoms with E-state index in [9.17, 15) is 9.90 Å². The topological polar surface area (TPSA) is 53.4 Å². The third-order valence-corrected chi connectivity index (χ3v) is 4.18. The number of likely N-dealkylation sites (tertiary alicyclic amines) is 1. The molecule has 0 unspecified atom stereocenters. The maximum Gasteiger partial charge on any atom is 0.272 e. The summed E-state index contributed by atoms with van der Waals surface area (Å²) in [4.78, 5) is 19.0. The van der Waals surface area contributed by atoms with Crippen LogP contribution in [0.25, 0.3) is 10.9 Å². The van der Waals surface area contributed by atoms with Crippen LogP contribution in [0.3, 0.4) is 0 Å². The normalized spacial score (nSPS) is 20.5. The van der Waals surface area contributed by atoms with E-state index in [0.717, 1.165) is 30.2 Å². The predicted molar refractivity (Wildman–Crippen MR) is 82.1 cm³/mol. The van der Waals surface area contributed by atoms with E-state index >= 15 is 0 Å². The van der Waals surface area contributed by atoms with Crippen LogP contribution in [0.15, 0.2) is 36.4 Å². The number of hydrogen-bond donors (Lipinski definition) is 1. The monoisotopic (exact) mass is 284 g/mol. The summed E-state index contributed by atoms with van der Waals surface area (Å²) >= 11 is 0. The minimum Gasteiger partial charge on any atom is -0.391 e. The van der Waals surface area contributed by atoms with E-state index in [0.29, 0.717) is 12.2 Å². The van der Waals surface area contributed by atoms with Crippen LogP contribution in [0.4, 0.5) is 0 Å². The molecule has 1 aromatic carbocycles. The highest BCUT2D eigenvalue weighted by Gasteiger charge is 2.31. The van der Waals surface area contributed by atoms with Crippen molar-refractivity contribution in [3.63, 3.8) is 0 Å². The van der Waals surface area contributed by atoms with Crippen LogP contribution in [-0.4, -0.2) is 39.6 Å². The van der Waals surface area contributed by atoms with Crippen molar-refractivity contribution in [1.82, 2.24) is 9.88 Å². The summed E-state index contributed by atoms with van der Waals surface area (Å²) in [6.07, 6.45) is 2.40. The van der Waals surface area contributed by atoms with Crippen LogP contribution in [0.5, 0.6) is 0 Å². The van der Waals surface area contributed by atoms with Gasteiger partial charge < -0.3 is 10.0 Å². The van der Waals surface area contributed by atoms with Gasteiger partial charge >= 0.3 is 0 Å². The molecule has 1 aliphatic heterocycles. The number of aromatic nitrogens is 1. The molecule has 0 spiro atoms. The summed E-state index contributed by atoms with van der Waals surface area (Å²) in [5.41, 5.74) is 1.29. The van der Waals surface area contributed by atoms with Crippen molar-refractivity contribution in [1.29, 1.82) is 0 Å². The van der Waals surface area contributed by atoms with Gasteiger partial charge in [-0.3, -0.25) is 4.79 Å². The highest BCUT2D eigenvalue weighted by molar-refractivity contribution is 5.95. The molecule has 2 aromatic rings. The van der Waals surface area contributed by atoms with Gasteiger partial charge in [-0.1, -0.05) is 24.3 Å². The second-order valence-corrected chi connectivity index (χ2v) is 5.69. The zero-order valence-electron chi connectivity index (χ0n) is 12.2. The first-order valence-electron chi connectivity index (χ1n) is 7.51. The van der Waals surface area contributed by atoms with E-state index in [2.05, 4.69) is 4.98 Å². The van der Waals surface area contributed by atoms with Crippen LogP contribution in [0, 0.1) is 0 Å². The lowest BCUT2D eigenvalue weighted by Crippen LogP contribution is -2.49. The van der Waals surface area contributed by atoms with Crippen LogP contribution in [0.2, 0.25) is 0 Å². The van der Waals surface area contributed by atoms with E-state index in [1.807, 2.05) is 30.3 Å². The van der Waals surface area contributed by atoms with Crippen LogP contribution in [-0.2, 0) is 0 Å². The lowest BCUT2D eigenvalue weighted by Gasteiger charge is -2.37. The van der Waals surface area contributed by atoms with Gasteiger partial charge in [-0.2, -0.15) is 0 Å². The summed E-state index contributed by atoms with van der Waals surface area (Å²) in [5.74, 6) is -0.0775. The third kappa shape index (κ3) is 2.76. The second-order valence-electron chi connectivity index (χ2n) is 5.69. The lowest BCUT2D eigenvalue weighted by molar-refractivity contribution is 0.0277. The number of benzene rings is 1. The first-order chi connectivity index (χ1) is 10.2. The van der Waals surface area contributed by atoms with Crippen LogP contribution >= 0.6 is 0 Å².